The summed E-state index contributed by atoms with van der Waals surface area (Å²) in [4.78, 5) is 4.94. The first-order valence-electron chi connectivity index (χ1n) is 7.09. The quantitative estimate of drug-likeness (QED) is 0.773. The van der Waals surface area contributed by atoms with Gasteiger partial charge in [-0.3, -0.25) is 4.90 Å². The molecule has 1 aliphatic heterocycles. The van der Waals surface area contributed by atoms with Crippen LogP contribution in [0.2, 0.25) is 0 Å². The summed E-state index contributed by atoms with van der Waals surface area (Å²) in [6, 6.07) is 3.07. The van der Waals surface area contributed by atoms with Crippen LogP contribution in [0.25, 0.3) is 0 Å². The molecule has 4 heteroatoms. The van der Waals surface area contributed by atoms with E-state index in [4.69, 9.17) is 0 Å². The highest BCUT2D eigenvalue weighted by molar-refractivity contribution is 5.05. The zero-order valence-corrected chi connectivity index (χ0v) is 12.4. The lowest BCUT2D eigenvalue weighted by atomic mass is 9.92. The maximum atomic E-state index is 9.27. The van der Waals surface area contributed by atoms with Crippen molar-refractivity contribution < 1.29 is 0 Å². The van der Waals surface area contributed by atoms with E-state index in [9.17, 15) is 5.26 Å². The van der Waals surface area contributed by atoms with Gasteiger partial charge in [0.2, 0.25) is 0 Å². The Bertz CT molecular complexity index is 280. The minimum atomic E-state index is -0.324. The van der Waals surface area contributed by atoms with Gasteiger partial charge in [-0.15, -0.1) is 0 Å². The number of hydrogen-bond acceptors (Lipinski definition) is 4. The fourth-order valence-electron chi connectivity index (χ4n) is 2.76. The van der Waals surface area contributed by atoms with Gasteiger partial charge in [-0.2, -0.15) is 5.26 Å². The number of hydrogen-bond donors (Lipinski definition) is 1. The van der Waals surface area contributed by atoms with E-state index in [1.54, 1.807) is 0 Å². The molecule has 0 aromatic rings. The van der Waals surface area contributed by atoms with Crippen LogP contribution in [0.5, 0.6) is 0 Å². The first-order valence-corrected chi connectivity index (χ1v) is 7.09. The largest absolute Gasteiger partial charge is 0.304 e. The number of likely N-dealkylation sites (N-methyl/N-ethyl adjacent to an activating group) is 1. The molecule has 0 aromatic heterocycles. The van der Waals surface area contributed by atoms with Gasteiger partial charge in [0.05, 0.1) is 6.07 Å². The van der Waals surface area contributed by atoms with Crippen molar-refractivity contribution in [2.75, 3.05) is 40.3 Å². The lowest BCUT2D eigenvalue weighted by Gasteiger charge is -2.38. The molecular weight excluding hydrogens is 224 g/mol. The number of nitriles is 1. The number of nitrogens with one attached hydrogen (secondary N) is 1. The Labute approximate surface area is 112 Å². The molecule has 4 nitrogen and oxygen atoms in total. The minimum Gasteiger partial charge on any atom is -0.304 e. The van der Waals surface area contributed by atoms with Gasteiger partial charge in [0.15, 0.2) is 0 Å². The maximum absolute atomic E-state index is 9.27. The van der Waals surface area contributed by atoms with Crippen molar-refractivity contribution in [1.29, 1.82) is 5.26 Å². The van der Waals surface area contributed by atoms with Crippen molar-refractivity contribution in [3.05, 3.63) is 0 Å². The standard InChI is InChI=1S/C14H28N4/c1-5-14(12-15,16-3)7-6-8-18-10-9-17(4)11-13(18)2/h13,16H,5-11H2,1-4H3. The van der Waals surface area contributed by atoms with Gasteiger partial charge in [-0.1, -0.05) is 6.92 Å². The lowest BCUT2D eigenvalue weighted by molar-refractivity contribution is 0.0968. The van der Waals surface area contributed by atoms with Crippen molar-refractivity contribution in [3.63, 3.8) is 0 Å². The molecule has 1 heterocycles. The van der Waals surface area contributed by atoms with Crippen molar-refractivity contribution in [3.8, 4) is 6.07 Å². The molecule has 1 rings (SSSR count). The minimum absolute atomic E-state index is 0.324. The molecule has 0 amide bonds. The lowest BCUT2D eigenvalue weighted by Crippen LogP contribution is -2.51. The summed E-state index contributed by atoms with van der Waals surface area (Å²) in [6.07, 6.45) is 2.91. The molecule has 0 radical (unpaired) electrons. The molecule has 1 aliphatic rings. The number of piperazine rings is 1. The van der Waals surface area contributed by atoms with E-state index in [1.807, 2.05) is 7.05 Å². The van der Waals surface area contributed by atoms with Gasteiger partial charge >= 0.3 is 0 Å². The Morgan fingerprint density at radius 1 is 1.44 bits per heavy atom. The second-order valence-corrected chi connectivity index (χ2v) is 5.55. The van der Waals surface area contributed by atoms with Crippen molar-refractivity contribution in [1.82, 2.24) is 15.1 Å². The van der Waals surface area contributed by atoms with Gasteiger partial charge in [0.25, 0.3) is 0 Å². The fourth-order valence-corrected chi connectivity index (χ4v) is 2.76. The van der Waals surface area contributed by atoms with Crippen LogP contribution in [0.3, 0.4) is 0 Å². The van der Waals surface area contributed by atoms with Crippen LogP contribution in [0.4, 0.5) is 0 Å². The van der Waals surface area contributed by atoms with E-state index in [-0.39, 0.29) is 5.54 Å². The Morgan fingerprint density at radius 2 is 2.17 bits per heavy atom. The third-order valence-electron chi connectivity index (χ3n) is 4.31. The first kappa shape index (κ1) is 15.4. The zero-order chi connectivity index (χ0) is 13.6. The second-order valence-electron chi connectivity index (χ2n) is 5.55. The maximum Gasteiger partial charge on any atom is 0.106 e. The molecule has 1 saturated heterocycles. The second kappa shape index (κ2) is 7.08. The summed E-state index contributed by atoms with van der Waals surface area (Å²) >= 11 is 0. The van der Waals surface area contributed by atoms with Crippen molar-refractivity contribution in [2.45, 2.75) is 44.7 Å². The SMILES string of the molecule is CCC(C#N)(CCCN1CCN(C)CC1C)NC. The molecule has 1 fully saturated rings. The van der Waals surface area contributed by atoms with Crippen LogP contribution >= 0.6 is 0 Å². The van der Waals surface area contributed by atoms with E-state index in [1.165, 1.54) is 0 Å². The van der Waals surface area contributed by atoms with E-state index < -0.39 is 0 Å². The van der Waals surface area contributed by atoms with Crippen LogP contribution in [0.1, 0.15) is 33.1 Å². The summed E-state index contributed by atoms with van der Waals surface area (Å²) in [6.45, 7) is 8.96. The third-order valence-corrected chi connectivity index (χ3v) is 4.31. The van der Waals surface area contributed by atoms with Gasteiger partial charge in [0.1, 0.15) is 5.54 Å². The van der Waals surface area contributed by atoms with Gasteiger partial charge in [0, 0.05) is 25.7 Å². The highest BCUT2D eigenvalue weighted by atomic mass is 15.3. The van der Waals surface area contributed by atoms with Crippen molar-refractivity contribution in [2.24, 2.45) is 0 Å². The molecule has 0 aromatic carbocycles. The van der Waals surface area contributed by atoms with E-state index in [0.717, 1.165) is 45.4 Å². The molecule has 2 unspecified atom stereocenters. The topological polar surface area (TPSA) is 42.3 Å². The highest BCUT2D eigenvalue weighted by Crippen LogP contribution is 2.17. The van der Waals surface area contributed by atoms with E-state index in [2.05, 4.69) is 42.1 Å². The summed E-state index contributed by atoms with van der Waals surface area (Å²) in [7, 11) is 4.08. The molecule has 0 aliphatic carbocycles. The molecule has 0 bridgehead atoms. The average Bonchev–Trinajstić information content (AvgIpc) is 2.38. The van der Waals surface area contributed by atoms with Crippen LogP contribution in [-0.2, 0) is 0 Å². The Kier molecular flexibility index (Phi) is 6.07. The van der Waals surface area contributed by atoms with Crippen molar-refractivity contribution >= 4 is 0 Å². The molecular formula is C14H28N4. The predicted molar refractivity (Wildman–Crippen MR) is 75.5 cm³/mol. The summed E-state index contributed by atoms with van der Waals surface area (Å²) < 4.78 is 0. The summed E-state index contributed by atoms with van der Waals surface area (Å²) in [5.41, 5.74) is -0.324. The number of rotatable bonds is 6. The first-order chi connectivity index (χ1) is 8.56. The Hall–Kier alpha value is -0.630. The van der Waals surface area contributed by atoms with Crippen LogP contribution in [0.15, 0.2) is 0 Å². The fraction of sp³-hybridized carbons (Fsp3) is 0.929. The molecule has 18 heavy (non-hydrogen) atoms. The van der Waals surface area contributed by atoms with Gasteiger partial charge in [-0.05, 0) is 46.8 Å². The van der Waals surface area contributed by atoms with E-state index in [0.29, 0.717) is 6.04 Å². The summed E-state index contributed by atoms with van der Waals surface area (Å²) in [5, 5.41) is 12.5. The zero-order valence-electron chi connectivity index (χ0n) is 12.4. The van der Waals surface area contributed by atoms with Crippen LogP contribution in [0, 0.1) is 11.3 Å². The predicted octanol–water partition coefficient (Wildman–Crippen LogP) is 1.29. The average molecular weight is 252 g/mol. The highest BCUT2D eigenvalue weighted by Gasteiger charge is 2.26. The smallest absolute Gasteiger partial charge is 0.106 e. The Morgan fingerprint density at radius 3 is 2.67 bits per heavy atom. The molecule has 0 spiro atoms. The summed E-state index contributed by atoms with van der Waals surface area (Å²) in [5.74, 6) is 0. The monoisotopic (exact) mass is 252 g/mol. The van der Waals surface area contributed by atoms with Crippen LogP contribution < -0.4 is 5.32 Å². The van der Waals surface area contributed by atoms with Crippen LogP contribution in [-0.4, -0.2) is 61.7 Å². The normalized spacial score (nSPS) is 25.6. The van der Waals surface area contributed by atoms with E-state index >= 15 is 0 Å². The molecule has 104 valence electrons. The third kappa shape index (κ3) is 3.94. The van der Waals surface area contributed by atoms with Gasteiger partial charge < -0.3 is 10.2 Å². The Balaban J connectivity index is 2.35. The number of nitrogens with zero attached hydrogens (tertiary/aromatic N) is 3. The van der Waals surface area contributed by atoms with Gasteiger partial charge in [-0.25, -0.2) is 0 Å². The molecule has 2 atom stereocenters. The molecule has 1 N–H and O–H groups in total. The molecule has 0 saturated carbocycles.